The normalized spacial score (nSPS) is 9.19. The van der Waals surface area contributed by atoms with Gasteiger partial charge in [-0.05, 0) is 12.1 Å². The van der Waals surface area contributed by atoms with Gasteiger partial charge in [-0.1, -0.05) is 0 Å². The summed E-state index contributed by atoms with van der Waals surface area (Å²) in [7, 11) is 0. The van der Waals surface area contributed by atoms with E-state index in [4.69, 9.17) is 5.26 Å². The molecule has 0 fully saturated rings. The standard InChI is InChI=1S/C10H8N6/c11-6-13-9-4-10(15-7-14-9)16-8-2-1-3-12-5-8/h1-5,7H,(H2,13,14,15,16). The third kappa shape index (κ3) is 2.42. The van der Waals surface area contributed by atoms with Gasteiger partial charge in [0.25, 0.3) is 0 Å². The van der Waals surface area contributed by atoms with Crippen LogP contribution in [0.15, 0.2) is 36.9 Å². The molecule has 78 valence electrons. The van der Waals surface area contributed by atoms with Crippen molar-refractivity contribution in [2.24, 2.45) is 0 Å². The molecule has 0 bridgehead atoms. The van der Waals surface area contributed by atoms with Gasteiger partial charge in [0.15, 0.2) is 6.19 Å². The van der Waals surface area contributed by atoms with Gasteiger partial charge in [0, 0.05) is 12.3 Å². The van der Waals surface area contributed by atoms with Crippen LogP contribution in [-0.2, 0) is 0 Å². The van der Waals surface area contributed by atoms with Gasteiger partial charge in [0.2, 0.25) is 0 Å². The van der Waals surface area contributed by atoms with Crippen LogP contribution >= 0.6 is 0 Å². The Labute approximate surface area is 92.0 Å². The molecule has 16 heavy (non-hydrogen) atoms. The number of nitrogens with one attached hydrogen (secondary N) is 2. The number of nitriles is 1. The summed E-state index contributed by atoms with van der Waals surface area (Å²) < 4.78 is 0. The van der Waals surface area contributed by atoms with E-state index in [1.54, 1.807) is 24.7 Å². The lowest BCUT2D eigenvalue weighted by atomic mass is 10.4. The summed E-state index contributed by atoms with van der Waals surface area (Å²) >= 11 is 0. The van der Waals surface area contributed by atoms with E-state index in [-0.39, 0.29) is 0 Å². The lowest BCUT2D eigenvalue weighted by Gasteiger charge is -2.04. The molecule has 0 saturated carbocycles. The number of rotatable bonds is 3. The number of hydrogen-bond donors (Lipinski definition) is 2. The lowest BCUT2D eigenvalue weighted by Crippen LogP contribution is -1.97. The third-order valence-corrected chi connectivity index (χ3v) is 1.78. The van der Waals surface area contributed by atoms with Crippen LogP contribution in [0.4, 0.5) is 17.3 Å². The summed E-state index contributed by atoms with van der Waals surface area (Å²) in [5, 5.41) is 13.9. The molecular weight excluding hydrogens is 204 g/mol. The van der Waals surface area contributed by atoms with E-state index in [1.807, 2.05) is 12.1 Å². The molecule has 0 amide bonds. The van der Waals surface area contributed by atoms with E-state index in [2.05, 4.69) is 25.6 Å². The predicted octanol–water partition coefficient (Wildman–Crippen LogP) is 1.51. The first kappa shape index (κ1) is 9.86. The summed E-state index contributed by atoms with van der Waals surface area (Å²) in [6.07, 6.45) is 6.54. The quantitative estimate of drug-likeness (QED) is 0.592. The van der Waals surface area contributed by atoms with Crippen molar-refractivity contribution in [3.8, 4) is 6.19 Å². The average molecular weight is 212 g/mol. The van der Waals surface area contributed by atoms with Crippen molar-refractivity contribution in [1.82, 2.24) is 15.0 Å². The fourth-order valence-corrected chi connectivity index (χ4v) is 1.14. The van der Waals surface area contributed by atoms with Gasteiger partial charge in [-0.15, -0.1) is 0 Å². The zero-order chi connectivity index (χ0) is 11.2. The third-order valence-electron chi connectivity index (χ3n) is 1.78. The molecule has 0 spiro atoms. The highest BCUT2D eigenvalue weighted by Crippen LogP contribution is 2.14. The highest BCUT2D eigenvalue weighted by atomic mass is 15.1. The van der Waals surface area contributed by atoms with Crippen LogP contribution in [0.2, 0.25) is 0 Å². The Hall–Kier alpha value is -2.68. The second kappa shape index (κ2) is 4.70. The molecule has 2 aromatic heterocycles. The molecule has 2 N–H and O–H groups in total. The van der Waals surface area contributed by atoms with Crippen LogP contribution in [0.3, 0.4) is 0 Å². The van der Waals surface area contributed by atoms with Crippen LogP contribution in [0, 0.1) is 11.5 Å². The maximum atomic E-state index is 8.45. The number of hydrogen-bond acceptors (Lipinski definition) is 6. The first-order valence-electron chi connectivity index (χ1n) is 4.52. The maximum Gasteiger partial charge on any atom is 0.182 e. The molecule has 2 aromatic rings. The Morgan fingerprint density at radius 2 is 2.12 bits per heavy atom. The lowest BCUT2D eigenvalue weighted by molar-refractivity contribution is 1.16. The van der Waals surface area contributed by atoms with Crippen LogP contribution in [0.25, 0.3) is 0 Å². The fraction of sp³-hybridized carbons (Fsp3) is 0. The molecule has 0 aromatic carbocycles. The van der Waals surface area contributed by atoms with Crippen molar-refractivity contribution in [3.05, 3.63) is 36.9 Å². The second-order valence-electron chi connectivity index (χ2n) is 2.89. The molecule has 2 rings (SSSR count). The SMILES string of the molecule is N#CNc1cc(Nc2cccnc2)ncn1. The summed E-state index contributed by atoms with van der Waals surface area (Å²) in [5.74, 6) is 1.05. The topological polar surface area (TPSA) is 86.5 Å². The molecule has 0 atom stereocenters. The van der Waals surface area contributed by atoms with Crippen LogP contribution in [0.1, 0.15) is 0 Å². The smallest absolute Gasteiger partial charge is 0.182 e. The Morgan fingerprint density at radius 1 is 1.25 bits per heavy atom. The van der Waals surface area contributed by atoms with Crippen LogP contribution in [0.5, 0.6) is 0 Å². The van der Waals surface area contributed by atoms with E-state index in [0.717, 1.165) is 5.69 Å². The molecule has 0 saturated heterocycles. The van der Waals surface area contributed by atoms with Gasteiger partial charge in [0.05, 0.1) is 11.9 Å². The van der Waals surface area contributed by atoms with Crippen LogP contribution < -0.4 is 10.6 Å². The van der Waals surface area contributed by atoms with Gasteiger partial charge < -0.3 is 5.32 Å². The largest absolute Gasteiger partial charge is 0.339 e. The first-order valence-corrected chi connectivity index (χ1v) is 4.52. The number of nitrogens with zero attached hydrogens (tertiary/aromatic N) is 4. The van der Waals surface area contributed by atoms with Crippen molar-refractivity contribution in [1.29, 1.82) is 5.26 Å². The second-order valence-corrected chi connectivity index (χ2v) is 2.89. The minimum atomic E-state index is 0.448. The Morgan fingerprint density at radius 3 is 2.88 bits per heavy atom. The van der Waals surface area contributed by atoms with Crippen molar-refractivity contribution in [3.63, 3.8) is 0 Å². The monoisotopic (exact) mass is 212 g/mol. The summed E-state index contributed by atoms with van der Waals surface area (Å²) in [6, 6.07) is 5.32. The highest BCUT2D eigenvalue weighted by molar-refractivity contribution is 5.58. The highest BCUT2D eigenvalue weighted by Gasteiger charge is 1.98. The number of pyridine rings is 1. The molecular formula is C10H8N6. The van der Waals surface area contributed by atoms with Gasteiger partial charge >= 0.3 is 0 Å². The zero-order valence-corrected chi connectivity index (χ0v) is 8.25. The van der Waals surface area contributed by atoms with Crippen molar-refractivity contribution in [2.75, 3.05) is 10.6 Å². The molecule has 0 aliphatic carbocycles. The van der Waals surface area contributed by atoms with E-state index in [1.165, 1.54) is 6.33 Å². The molecule has 0 aliphatic heterocycles. The molecule has 0 radical (unpaired) electrons. The fourth-order valence-electron chi connectivity index (χ4n) is 1.14. The predicted molar refractivity (Wildman–Crippen MR) is 58.8 cm³/mol. The van der Waals surface area contributed by atoms with Gasteiger partial charge in [-0.2, -0.15) is 5.26 Å². The molecule has 2 heterocycles. The number of anilines is 3. The van der Waals surface area contributed by atoms with Crippen molar-refractivity contribution < 1.29 is 0 Å². The van der Waals surface area contributed by atoms with Gasteiger partial charge in [-0.3, -0.25) is 10.3 Å². The maximum absolute atomic E-state index is 8.45. The molecule has 0 unspecified atom stereocenters. The molecule has 6 heteroatoms. The van der Waals surface area contributed by atoms with E-state index >= 15 is 0 Å². The zero-order valence-electron chi connectivity index (χ0n) is 8.25. The van der Waals surface area contributed by atoms with E-state index in [0.29, 0.717) is 11.6 Å². The van der Waals surface area contributed by atoms with Gasteiger partial charge in [0.1, 0.15) is 18.0 Å². The Bertz CT molecular complexity index is 504. The van der Waals surface area contributed by atoms with E-state index < -0.39 is 0 Å². The molecule has 0 aliphatic rings. The summed E-state index contributed by atoms with van der Waals surface area (Å²) in [4.78, 5) is 11.9. The Kier molecular flexibility index (Phi) is 2.90. The minimum Gasteiger partial charge on any atom is -0.339 e. The average Bonchev–Trinajstić information content (AvgIpc) is 2.31. The summed E-state index contributed by atoms with van der Waals surface area (Å²) in [5.41, 5.74) is 0.823. The van der Waals surface area contributed by atoms with Gasteiger partial charge in [-0.25, -0.2) is 9.97 Å². The minimum absolute atomic E-state index is 0.448. The number of aromatic nitrogens is 3. The summed E-state index contributed by atoms with van der Waals surface area (Å²) in [6.45, 7) is 0. The van der Waals surface area contributed by atoms with Crippen LogP contribution in [-0.4, -0.2) is 15.0 Å². The van der Waals surface area contributed by atoms with Crippen molar-refractivity contribution in [2.45, 2.75) is 0 Å². The Balaban J connectivity index is 2.16. The van der Waals surface area contributed by atoms with E-state index in [9.17, 15) is 0 Å². The molecule has 6 nitrogen and oxygen atoms in total. The first-order chi connectivity index (χ1) is 7.88. The van der Waals surface area contributed by atoms with Crippen molar-refractivity contribution >= 4 is 17.3 Å².